The summed E-state index contributed by atoms with van der Waals surface area (Å²) < 4.78 is 0. The first-order valence-electron chi connectivity index (χ1n) is 5.38. The molecule has 1 fully saturated rings. The number of nitrogens with one attached hydrogen (secondary N) is 1. The maximum absolute atomic E-state index is 5.55. The van der Waals surface area contributed by atoms with Crippen LogP contribution in [0.5, 0.6) is 0 Å². The standard InChI is InChI=1S/C13H17NO/c1-3-4-12-9-13(15-14-12)11-7-5-10(2)6-8-11/h3,5-8,12-14H,1,4,9H2,2H3/t12-,13-/m1/s1. The number of hydroxylamine groups is 1. The van der Waals surface area contributed by atoms with E-state index >= 15 is 0 Å². The molecule has 80 valence electrons. The minimum Gasteiger partial charge on any atom is -0.293 e. The molecular weight excluding hydrogens is 186 g/mol. The Labute approximate surface area is 90.9 Å². The molecule has 2 nitrogen and oxygen atoms in total. The van der Waals surface area contributed by atoms with Crippen LogP contribution in [0, 0.1) is 6.92 Å². The summed E-state index contributed by atoms with van der Waals surface area (Å²) in [7, 11) is 0. The highest BCUT2D eigenvalue weighted by molar-refractivity contribution is 5.23. The molecule has 1 aliphatic rings. The highest BCUT2D eigenvalue weighted by Gasteiger charge is 2.25. The fourth-order valence-corrected chi connectivity index (χ4v) is 1.86. The normalized spacial score (nSPS) is 25.4. The van der Waals surface area contributed by atoms with Gasteiger partial charge in [-0.15, -0.1) is 6.58 Å². The highest BCUT2D eigenvalue weighted by Crippen LogP contribution is 2.28. The number of benzene rings is 1. The van der Waals surface area contributed by atoms with Crippen molar-refractivity contribution in [3.05, 3.63) is 48.0 Å². The molecule has 0 saturated carbocycles. The van der Waals surface area contributed by atoms with Crippen molar-refractivity contribution in [1.29, 1.82) is 0 Å². The third-order valence-electron chi connectivity index (χ3n) is 2.78. The molecule has 0 radical (unpaired) electrons. The van der Waals surface area contributed by atoms with Crippen LogP contribution < -0.4 is 5.48 Å². The average Bonchev–Trinajstić information content (AvgIpc) is 2.68. The quantitative estimate of drug-likeness (QED) is 0.763. The monoisotopic (exact) mass is 203 g/mol. The molecule has 1 N–H and O–H groups in total. The summed E-state index contributed by atoms with van der Waals surface area (Å²) in [5.74, 6) is 0. The fourth-order valence-electron chi connectivity index (χ4n) is 1.86. The van der Waals surface area contributed by atoms with E-state index in [9.17, 15) is 0 Å². The zero-order chi connectivity index (χ0) is 10.7. The number of hydrogen-bond donors (Lipinski definition) is 1. The molecule has 0 aliphatic carbocycles. The zero-order valence-corrected chi connectivity index (χ0v) is 9.07. The van der Waals surface area contributed by atoms with E-state index in [0.717, 1.165) is 12.8 Å². The first-order valence-corrected chi connectivity index (χ1v) is 5.38. The molecular formula is C13H17NO. The highest BCUT2D eigenvalue weighted by atomic mass is 16.7. The van der Waals surface area contributed by atoms with Crippen molar-refractivity contribution in [1.82, 2.24) is 5.48 Å². The van der Waals surface area contributed by atoms with Gasteiger partial charge in [0.05, 0.1) is 0 Å². The number of rotatable bonds is 3. The van der Waals surface area contributed by atoms with E-state index in [2.05, 4.69) is 43.2 Å². The van der Waals surface area contributed by atoms with Gasteiger partial charge in [0.25, 0.3) is 0 Å². The summed E-state index contributed by atoms with van der Waals surface area (Å²) in [6, 6.07) is 8.93. The van der Waals surface area contributed by atoms with Gasteiger partial charge in [0.15, 0.2) is 0 Å². The molecule has 1 aliphatic heterocycles. The largest absolute Gasteiger partial charge is 0.293 e. The van der Waals surface area contributed by atoms with Crippen LogP contribution in [0.3, 0.4) is 0 Å². The van der Waals surface area contributed by atoms with Crippen LogP contribution in [0.15, 0.2) is 36.9 Å². The van der Waals surface area contributed by atoms with Crippen molar-refractivity contribution in [3.63, 3.8) is 0 Å². The van der Waals surface area contributed by atoms with Crippen molar-refractivity contribution < 1.29 is 4.84 Å². The zero-order valence-electron chi connectivity index (χ0n) is 9.07. The van der Waals surface area contributed by atoms with Crippen molar-refractivity contribution in [2.75, 3.05) is 0 Å². The molecule has 1 heterocycles. The summed E-state index contributed by atoms with van der Waals surface area (Å²) in [4.78, 5) is 5.55. The van der Waals surface area contributed by atoms with Crippen LogP contribution in [0.25, 0.3) is 0 Å². The molecule has 0 unspecified atom stereocenters. The lowest BCUT2D eigenvalue weighted by Gasteiger charge is -2.07. The van der Waals surface area contributed by atoms with Crippen molar-refractivity contribution in [2.24, 2.45) is 0 Å². The molecule has 1 saturated heterocycles. The second-order valence-corrected chi connectivity index (χ2v) is 4.09. The smallest absolute Gasteiger partial charge is 0.106 e. The van der Waals surface area contributed by atoms with Gasteiger partial charge in [-0.25, -0.2) is 0 Å². The van der Waals surface area contributed by atoms with Crippen molar-refractivity contribution in [2.45, 2.75) is 31.9 Å². The molecule has 0 amide bonds. The molecule has 2 rings (SSSR count). The van der Waals surface area contributed by atoms with Crippen LogP contribution in [-0.2, 0) is 4.84 Å². The van der Waals surface area contributed by atoms with E-state index in [1.165, 1.54) is 11.1 Å². The van der Waals surface area contributed by atoms with Gasteiger partial charge < -0.3 is 0 Å². The predicted octanol–water partition coefficient (Wildman–Crippen LogP) is 2.91. The lowest BCUT2D eigenvalue weighted by atomic mass is 10.0. The second kappa shape index (κ2) is 4.60. The van der Waals surface area contributed by atoms with Crippen LogP contribution in [0.4, 0.5) is 0 Å². The third kappa shape index (κ3) is 2.46. The van der Waals surface area contributed by atoms with Gasteiger partial charge in [-0.3, -0.25) is 4.84 Å². The molecule has 2 heteroatoms. The maximum atomic E-state index is 5.55. The minimum atomic E-state index is 0.190. The topological polar surface area (TPSA) is 21.3 Å². The van der Waals surface area contributed by atoms with Crippen LogP contribution in [0.2, 0.25) is 0 Å². The Morgan fingerprint density at radius 3 is 2.87 bits per heavy atom. The summed E-state index contributed by atoms with van der Waals surface area (Å²) in [6.07, 6.45) is 4.10. The van der Waals surface area contributed by atoms with Gasteiger partial charge in [-0.2, -0.15) is 5.48 Å². The van der Waals surface area contributed by atoms with E-state index in [-0.39, 0.29) is 6.10 Å². The lowest BCUT2D eigenvalue weighted by molar-refractivity contribution is 0.0259. The van der Waals surface area contributed by atoms with E-state index in [0.29, 0.717) is 6.04 Å². The van der Waals surface area contributed by atoms with E-state index < -0.39 is 0 Å². The third-order valence-corrected chi connectivity index (χ3v) is 2.78. The van der Waals surface area contributed by atoms with Gasteiger partial charge in [0, 0.05) is 6.04 Å². The molecule has 1 aromatic rings. The molecule has 2 atom stereocenters. The molecule has 0 bridgehead atoms. The second-order valence-electron chi connectivity index (χ2n) is 4.09. The van der Waals surface area contributed by atoms with Gasteiger partial charge in [0.2, 0.25) is 0 Å². The van der Waals surface area contributed by atoms with E-state index in [4.69, 9.17) is 4.84 Å². The minimum absolute atomic E-state index is 0.190. The molecule has 0 aromatic heterocycles. The van der Waals surface area contributed by atoms with E-state index in [1.807, 2.05) is 6.08 Å². The summed E-state index contributed by atoms with van der Waals surface area (Å²) in [6.45, 7) is 5.83. The SMILES string of the molecule is C=CC[C@@H]1C[C@H](c2ccc(C)cc2)ON1. The number of hydrogen-bond acceptors (Lipinski definition) is 2. The Hall–Kier alpha value is -1.12. The Bertz CT molecular complexity index is 331. The molecule has 1 aromatic carbocycles. The average molecular weight is 203 g/mol. The Kier molecular flexibility index (Phi) is 3.19. The van der Waals surface area contributed by atoms with Crippen LogP contribution >= 0.6 is 0 Å². The predicted molar refractivity (Wildman–Crippen MR) is 61.4 cm³/mol. The summed E-state index contributed by atoms with van der Waals surface area (Å²) in [5.41, 5.74) is 5.58. The van der Waals surface area contributed by atoms with Crippen LogP contribution in [0.1, 0.15) is 30.1 Å². The van der Waals surface area contributed by atoms with Gasteiger partial charge in [-0.1, -0.05) is 35.9 Å². The Morgan fingerprint density at radius 2 is 2.20 bits per heavy atom. The summed E-state index contributed by atoms with van der Waals surface area (Å²) >= 11 is 0. The summed E-state index contributed by atoms with van der Waals surface area (Å²) in [5, 5.41) is 0. The fraction of sp³-hybridized carbons (Fsp3) is 0.385. The molecule has 15 heavy (non-hydrogen) atoms. The number of aryl methyl sites for hydroxylation is 1. The van der Waals surface area contributed by atoms with Gasteiger partial charge in [-0.05, 0) is 25.3 Å². The molecule has 0 spiro atoms. The maximum Gasteiger partial charge on any atom is 0.106 e. The Balaban J connectivity index is 2.01. The first-order chi connectivity index (χ1) is 7.29. The Morgan fingerprint density at radius 1 is 1.47 bits per heavy atom. The van der Waals surface area contributed by atoms with E-state index in [1.54, 1.807) is 0 Å². The lowest BCUT2D eigenvalue weighted by Crippen LogP contribution is -2.18. The van der Waals surface area contributed by atoms with Gasteiger partial charge >= 0.3 is 0 Å². The van der Waals surface area contributed by atoms with Crippen molar-refractivity contribution >= 4 is 0 Å². The van der Waals surface area contributed by atoms with Gasteiger partial charge in [0.1, 0.15) is 6.10 Å². The first kappa shape index (κ1) is 10.4. The van der Waals surface area contributed by atoms with Crippen LogP contribution in [-0.4, -0.2) is 6.04 Å². The van der Waals surface area contributed by atoms with Crippen molar-refractivity contribution in [3.8, 4) is 0 Å².